The number of ether oxygens (including phenoxy) is 3. The minimum Gasteiger partial charge on any atom is -0.497 e. The van der Waals surface area contributed by atoms with E-state index in [9.17, 15) is 4.79 Å². The van der Waals surface area contributed by atoms with Gasteiger partial charge in [-0.05, 0) is 24.6 Å². The summed E-state index contributed by atoms with van der Waals surface area (Å²) < 4.78 is 15.2. The van der Waals surface area contributed by atoms with Gasteiger partial charge in [0.1, 0.15) is 11.4 Å². The van der Waals surface area contributed by atoms with Crippen molar-refractivity contribution in [1.29, 1.82) is 0 Å². The van der Waals surface area contributed by atoms with Gasteiger partial charge in [-0.15, -0.1) is 0 Å². The average molecular weight is 236 g/mol. The lowest BCUT2D eigenvalue weighted by Gasteiger charge is -2.07. The Morgan fingerprint density at radius 1 is 1.35 bits per heavy atom. The maximum atomic E-state index is 11.3. The lowest BCUT2D eigenvalue weighted by molar-refractivity contribution is -0.142. The van der Waals surface area contributed by atoms with Gasteiger partial charge in [0.15, 0.2) is 6.10 Å². The van der Waals surface area contributed by atoms with Crippen LogP contribution in [-0.4, -0.2) is 31.9 Å². The molecule has 0 N–H and O–H groups in total. The first-order chi connectivity index (χ1) is 8.09. The first-order valence-electron chi connectivity index (χ1n) is 5.47. The maximum Gasteiger partial charge on any atom is 0.338 e. The molecule has 4 heteroatoms. The molecule has 0 bridgehead atoms. The highest BCUT2D eigenvalue weighted by Gasteiger charge is 2.57. The van der Waals surface area contributed by atoms with Gasteiger partial charge < -0.3 is 14.2 Å². The molecule has 0 spiro atoms. The Bertz CT molecular complexity index is 412. The van der Waals surface area contributed by atoms with Crippen molar-refractivity contribution >= 4 is 5.97 Å². The highest BCUT2D eigenvalue weighted by atomic mass is 16.6. The van der Waals surface area contributed by atoms with Crippen LogP contribution in [-0.2, 0) is 20.7 Å². The van der Waals surface area contributed by atoms with Crippen LogP contribution < -0.4 is 4.74 Å². The largest absolute Gasteiger partial charge is 0.497 e. The average Bonchev–Trinajstić information content (AvgIpc) is 3.01. The number of carbonyl (C=O) groups is 1. The van der Waals surface area contributed by atoms with Crippen LogP contribution in [0.2, 0.25) is 0 Å². The Balaban J connectivity index is 2.00. The van der Waals surface area contributed by atoms with E-state index in [2.05, 4.69) is 4.74 Å². The van der Waals surface area contributed by atoms with E-state index in [1.54, 1.807) is 7.11 Å². The summed E-state index contributed by atoms with van der Waals surface area (Å²) in [6.07, 6.45) is 0.256. The quantitative estimate of drug-likeness (QED) is 0.588. The number of hydrogen-bond acceptors (Lipinski definition) is 4. The molecule has 1 fully saturated rings. The highest BCUT2D eigenvalue weighted by molar-refractivity contribution is 5.79. The van der Waals surface area contributed by atoms with Gasteiger partial charge in [-0.1, -0.05) is 12.1 Å². The third-order valence-corrected chi connectivity index (χ3v) is 3.01. The molecule has 0 aromatic heterocycles. The molecule has 2 atom stereocenters. The SMILES string of the molecule is COC(=O)C1OC1(C)Cc1ccc(OC)cc1. The summed E-state index contributed by atoms with van der Waals surface area (Å²) >= 11 is 0. The van der Waals surface area contributed by atoms with Crippen molar-refractivity contribution in [3.05, 3.63) is 29.8 Å². The van der Waals surface area contributed by atoms with E-state index >= 15 is 0 Å². The van der Waals surface area contributed by atoms with Gasteiger partial charge in [0, 0.05) is 6.42 Å². The van der Waals surface area contributed by atoms with Crippen molar-refractivity contribution in [1.82, 2.24) is 0 Å². The molecule has 0 radical (unpaired) electrons. The van der Waals surface area contributed by atoms with Gasteiger partial charge >= 0.3 is 5.97 Å². The van der Waals surface area contributed by atoms with Crippen LogP contribution in [0, 0.1) is 0 Å². The molecule has 0 aliphatic carbocycles. The minimum absolute atomic E-state index is 0.305. The fraction of sp³-hybridized carbons (Fsp3) is 0.462. The topological polar surface area (TPSA) is 48.1 Å². The molecular formula is C13H16O4. The van der Waals surface area contributed by atoms with Gasteiger partial charge in [-0.3, -0.25) is 0 Å². The number of hydrogen-bond donors (Lipinski definition) is 0. The van der Waals surface area contributed by atoms with Gasteiger partial charge in [0.05, 0.1) is 14.2 Å². The number of epoxide rings is 1. The molecule has 1 aliphatic rings. The standard InChI is InChI=1S/C13H16O4/c1-13(11(17-13)12(14)16-3)8-9-4-6-10(15-2)7-5-9/h4-7,11H,8H2,1-3H3. The number of rotatable bonds is 4. The predicted octanol–water partition coefficient (Wildman–Crippen LogP) is 1.57. The molecule has 1 aromatic carbocycles. The van der Waals surface area contributed by atoms with Gasteiger partial charge in [0.2, 0.25) is 0 Å². The van der Waals surface area contributed by atoms with Crippen LogP contribution in [0.5, 0.6) is 5.75 Å². The number of carbonyl (C=O) groups excluding carboxylic acids is 1. The minimum atomic E-state index is -0.436. The van der Waals surface area contributed by atoms with E-state index in [4.69, 9.17) is 9.47 Å². The lowest BCUT2D eigenvalue weighted by atomic mass is 9.98. The number of benzene rings is 1. The van der Waals surface area contributed by atoms with E-state index in [0.717, 1.165) is 11.3 Å². The Morgan fingerprint density at radius 2 is 2.00 bits per heavy atom. The lowest BCUT2D eigenvalue weighted by Crippen LogP contribution is -2.21. The van der Waals surface area contributed by atoms with Crippen molar-refractivity contribution in [2.24, 2.45) is 0 Å². The molecule has 1 aliphatic heterocycles. The Morgan fingerprint density at radius 3 is 2.53 bits per heavy atom. The molecule has 2 unspecified atom stereocenters. The van der Waals surface area contributed by atoms with Crippen molar-refractivity contribution in [2.75, 3.05) is 14.2 Å². The van der Waals surface area contributed by atoms with Gasteiger partial charge in [-0.2, -0.15) is 0 Å². The van der Waals surface area contributed by atoms with Crippen LogP contribution >= 0.6 is 0 Å². The van der Waals surface area contributed by atoms with Crippen molar-refractivity contribution in [3.8, 4) is 5.75 Å². The maximum absolute atomic E-state index is 11.3. The predicted molar refractivity (Wildman–Crippen MR) is 62.0 cm³/mol. The third-order valence-electron chi connectivity index (χ3n) is 3.01. The molecule has 0 amide bonds. The molecule has 17 heavy (non-hydrogen) atoms. The zero-order chi connectivity index (χ0) is 12.5. The van der Waals surface area contributed by atoms with E-state index < -0.39 is 11.7 Å². The smallest absolute Gasteiger partial charge is 0.338 e. The second-order valence-corrected chi connectivity index (χ2v) is 4.36. The number of esters is 1. The van der Waals surface area contributed by atoms with Crippen LogP contribution in [0.15, 0.2) is 24.3 Å². The van der Waals surface area contributed by atoms with Crippen LogP contribution in [0.4, 0.5) is 0 Å². The molecule has 0 saturated carbocycles. The summed E-state index contributed by atoms with van der Waals surface area (Å²) in [5.74, 6) is 0.515. The molecule has 92 valence electrons. The molecule has 2 rings (SSSR count). The summed E-state index contributed by atoms with van der Waals surface area (Å²) in [5, 5.41) is 0. The summed E-state index contributed by atoms with van der Waals surface area (Å²) in [6.45, 7) is 1.92. The van der Waals surface area contributed by atoms with E-state index in [-0.39, 0.29) is 5.97 Å². The summed E-state index contributed by atoms with van der Waals surface area (Å²) in [7, 11) is 3.01. The third kappa shape index (κ3) is 2.42. The number of methoxy groups -OCH3 is 2. The zero-order valence-corrected chi connectivity index (χ0v) is 10.2. The van der Waals surface area contributed by atoms with Crippen LogP contribution in [0.3, 0.4) is 0 Å². The molecule has 1 saturated heterocycles. The molecular weight excluding hydrogens is 220 g/mol. The van der Waals surface area contributed by atoms with E-state index in [1.807, 2.05) is 31.2 Å². The zero-order valence-electron chi connectivity index (χ0n) is 10.2. The fourth-order valence-corrected chi connectivity index (χ4v) is 1.92. The first kappa shape index (κ1) is 11.9. The van der Waals surface area contributed by atoms with Gasteiger partial charge in [-0.25, -0.2) is 4.79 Å². The Hall–Kier alpha value is -1.55. The Labute approximate surface area is 100 Å². The Kier molecular flexibility index (Phi) is 3.07. The van der Waals surface area contributed by atoms with Crippen molar-refractivity contribution in [2.45, 2.75) is 25.0 Å². The van der Waals surface area contributed by atoms with Crippen LogP contribution in [0.1, 0.15) is 12.5 Å². The van der Waals surface area contributed by atoms with Gasteiger partial charge in [0.25, 0.3) is 0 Å². The van der Waals surface area contributed by atoms with Crippen LogP contribution in [0.25, 0.3) is 0 Å². The first-order valence-corrected chi connectivity index (χ1v) is 5.47. The fourth-order valence-electron chi connectivity index (χ4n) is 1.92. The molecule has 1 aromatic rings. The normalized spacial score (nSPS) is 26.4. The molecule has 4 nitrogen and oxygen atoms in total. The van der Waals surface area contributed by atoms with E-state index in [0.29, 0.717) is 6.42 Å². The monoisotopic (exact) mass is 236 g/mol. The second-order valence-electron chi connectivity index (χ2n) is 4.36. The summed E-state index contributed by atoms with van der Waals surface area (Å²) in [6, 6.07) is 7.74. The summed E-state index contributed by atoms with van der Waals surface area (Å²) in [4.78, 5) is 11.3. The molecule has 1 heterocycles. The summed E-state index contributed by atoms with van der Waals surface area (Å²) in [5.41, 5.74) is 0.682. The second kappa shape index (κ2) is 4.37. The van der Waals surface area contributed by atoms with Crippen molar-refractivity contribution in [3.63, 3.8) is 0 Å². The highest BCUT2D eigenvalue weighted by Crippen LogP contribution is 2.40. The van der Waals surface area contributed by atoms with E-state index in [1.165, 1.54) is 7.11 Å². The van der Waals surface area contributed by atoms with Crippen molar-refractivity contribution < 1.29 is 19.0 Å².